The van der Waals surface area contributed by atoms with E-state index in [0.717, 1.165) is 15.7 Å². The van der Waals surface area contributed by atoms with E-state index in [1.165, 1.54) is 5.56 Å². The van der Waals surface area contributed by atoms with Crippen LogP contribution in [0.2, 0.25) is 0 Å². The number of aryl methyl sites for hydroxylation is 1. The van der Waals surface area contributed by atoms with Crippen LogP contribution in [0, 0.1) is 3.57 Å². The molecule has 3 heteroatoms. The van der Waals surface area contributed by atoms with Gasteiger partial charge in [-0.25, -0.2) is 0 Å². The van der Waals surface area contributed by atoms with Crippen LogP contribution in [-0.4, -0.2) is 12.4 Å². The van der Waals surface area contributed by atoms with Gasteiger partial charge in [-0.1, -0.05) is 37.3 Å². The van der Waals surface area contributed by atoms with Crippen LogP contribution in [0.4, 0.5) is 0 Å². The molecule has 98 valence electrons. The topological polar surface area (TPSA) is 26.3 Å². The van der Waals surface area contributed by atoms with Crippen LogP contribution in [0.1, 0.15) is 22.8 Å². The van der Waals surface area contributed by atoms with E-state index in [1.54, 1.807) is 0 Å². The summed E-state index contributed by atoms with van der Waals surface area (Å²) in [6.07, 6.45) is 0.980. The molecule has 0 amide bonds. The summed E-state index contributed by atoms with van der Waals surface area (Å²) < 4.78 is 6.60. The van der Waals surface area contributed by atoms with Crippen molar-refractivity contribution in [3.05, 3.63) is 63.2 Å². The number of ketones is 1. The molecular weight excluding hydrogens is 351 g/mol. The number of Topliss-reactive ketones (excluding diaryl/α,β-unsaturated/α-hetero) is 1. The Kier molecular flexibility index (Phi) is 4.96. The molecule has 0 fully saturated rings. The molecule has 19 heavy (non-hydrogen) atoms. The van der Waals surface area contributed by atoms with Gasteiger partial charge in [-0.05, 0) is 52.8 Å². The molecule has 2 nitrogen and oxygen atoms in total. The molecule has 0 aliphatic rings. The van der Waals surface area contributed by atoms with Gasteiger partial charge in [0.05, 0.1) is 0 Å². The number of halogens is 1. The zero-order chi connectivity index (χ0) is 13.7. The quantitative estimate of drug-likeness (QED) is 0.588. The van der Waals surface area contributed by atoms with Crippen LogP contribution in [-0.2, 0) is 6.42 Å². The van der Waals surface area contributed by atoms with Crippen molar-refractivity contribution in [2.45, 2.75) is 13.3 Å². The van der Waals surface area contributed by atoms with Crippen LogP contribution in [0.25, 0.3) is 0 Å². The summed E-state index contributed by atoms with van der Waals surface area (Å²) in [7, 11) is 0. The molecule has 0 bridgehead atoms. The summed E-state index contributed by atoms with van der Waals surface area (Å²) in [5.74, 6) is 0.729. The first kappa shape index (κ1) is 14.1. The molecule has 0 aromatic heterocycles. The number of hydrogen-bond donors (Lipinski definition) is 0. The number of ether oxygens (including phenoxy) is 1. The Morgan fingerprint density at radius 1 is 1.16 bits per heavy atom. The normalized spacial score (nSPS) is 10.2. The van der Waals surface area contributed by atoms with Crippen molar-refractivity contribution in [3.63, 3.8) is 0 Å². The maximum atomic E-state index is 12.0. The van der Waals surface area contributed by atoms with Gasteiger partial charge >= 0.3 is 0 Å². The molecule has 2 rings (SSSR count). The third-order valence-electron chi connectivity index (χ3n) is 2.85. The van der Waals surface area contributed by atoms with Gasteiger partial charge in [-0.2, -0.15) is 0 Å². The second-order valence-corrected chi connectivity index (χ2v) is 5.47. The van der Waals surface area contributed by atoms with Crippen molar-refractivity contribution < 1.29 is 9.53 Å². The van der Waals surface area contributed by atoms with Gasteiger partial charge < -0.3 is 4.74 Å². The van der Waals surface area contributed by atoms with Crippen molar-refractivity contribution in [1.29, 1.82) is 0 Å². The smallest absolute Gasteiger partial charge is 0.200 e. The Balaban J connectivity index is 1.97. The Hall–Kier alpha value is -1.36. The van der Waals surface area contributed by atoms with Crippen molar-refractivity contribution in [2.75, 3.05) is 6.61 Å². The molecule has 2 aromatic carbocycles. The molecule has 0 aliphatic carbocycles. The summed E-state index contributed by atoms with van der Waals surface area (Å²) in [5, 5.41) is 0. The SMILES string of the molecule is CCc1ccc(C(=O)COc2cccc(I)c2)cc1. The second-order valence-electron chi connectivity index (χ2n) is 4.22. The third kappa shape index (κ3) is 4.06. The third-order valence-corrected chi connectivity index (χ3v) is 3.52. The molecule has 0 spiro atoms. The maximum absolute atomic E-state index is 12.0. The molecule has 0 aliphatic heterocycles. The Morgan fingerprint density at radius 3 is 2.53 bits per heavy atom. The molecule has 2 aromatic rings. The Morgan fingerprint density at radius 2 is 1.89 bits per heavy atom. The van der Waals surface area contributed by atoms with E-state index >= 15 is 0 Å². The summed E-state index contributed by atoms with van der Waals surface area (Å²) in [4.78, 5) is 12.0. The Bertz CT molecular complexity index is 561. The van der Waals surface area contributed by atoms with Gasteiger partial charge in [-0.15, -0.1) is 0 Å². The number of hydrogen-bond acceptors (Lipinski definition) is 2. The maximum Gasteiger partial charge on any atom is 0.200 e. The minimum absolute atomic E-state index is 0.00140. The van der Waals surface area contributed by atoms with Crippen LogP contribution in [0.5, 0.6) is 5.75 Å². The molecule has 0 N–H and O–H groups in total. The highest BCUT2D eigenvalue weighted by molar-refractivity contribution is 14.1. The fraction of sp³-hybridized carbons (Fsp3) is 0.188. The number of benzene rings is 2. The average molecular weight is 366 g/mol. The lowest BCUT2D eigenvalue weighted by molar-refractivity contribution is 0.0921. The largest absolute Gasteiger partial charge is 0.485 e. The van der Waals surface area contributed by atoms with E-state index in [1.807, 2.05) is 48.5 Å². The van der Waals surface area contributed by atoms with Crippen LogP contribution < -0.4 is 4.74 Å². The van der Waals surface area contributed by atoms with E-state index in [-0.39, 0.29) is 12.4 Å². The molecular formula is C16H15IO2. The summed E-state index contributed by atoms with van der Waals surface area (Å²) in [5.41, 5.74) is 1.93. The second kappa shape index (κ2) is 6.70. The molecule has 0 heterocycles. The van der Waals surface area contributed by atoms with Gasteiger partial charge in [0.2, 0.25) is 0 Å². The molecule has 0 unspecified atom stereocenters. The summed E-state index contributed by atoms with van der Waals surface area (Å²) >= 11 is 2.22. The number of carbonyl (C=O) groups excluding carboxylic acids is 1. The average Bonchev–Trinajstić information content (AvgIpc) is 2.45. The van der Waals surface area contributed by atoms with Crippen LogP contribution in [0.15, 0.2) is 48.5 Å². The summed E-state index contributed by atoms with van der Waals surface area (Å²) in [6, 6.07) is 15.4. The van der Waals surface area contributed by atoms with E-state index in [0.29, 0.717) is 5.56 Å². The van der Waals surface area contributed by atoms with E-state index in [4.69, 9.17) is 4.74 Å². The highest BCUT2D eigenvalue weighted by Gasteiger charge is 2.06. The van der Waals surface area contributed by atoms with Gasteiger partial charge in [0.1, 0.15) is 5.75 Å². The van der Waals surface area contributed by atoms with Crippen molar-refractivity contribution in [3.8, 4) is 5.75 Å². The van der Waals surface area contributed by atoms with Gasteiger partial charge in [0.25, 0.3) is 0 Å². The lowest BCUT2D eigenvalue weighted by atomic mass is 10.1. The molecule has 0 radical (unpaired) electrons. The van der Waals surface area contributed by atoms with E-state index in [9.17, 15) is 4.79 Å². The highest BCUT2D eigenvalue weighted by Crippen LogP contribution is 2.15. The van der Waals surface area contributed by atoms with Crippen LogP contribution >= 0.6 is 22.6 Å². The van der Waals surface area contributed by atoms with Crippen molar-refractivity contribution >= 4 is 28.4 Å². The standard InChI is InChI=1S/C16H15IO2/c1-2-12-6-8-13(9-7-12)16(18)11-19-15-5-3-4-14(17)10-15/h3-10H,2,11H2,1H3. The molecule has 0 saturated carbocycles. The first-order chi connectivity index (χ1) is 9.19. The fourth-order valence-electron chi connectivity index (χ4n) is 1.72. The lowest BCUT2D eigenvalue weighted by Gasteiger charge is -2.06. The van der Waals surface area contributed by atoms with Crippen molar-refractivity contribution in [1.82, 2.24) is 0 Å². The Labute approximate surface area is 126 Å². The highest BCUT2D eigenvalue weighted by atomic mass is 127. The number of carbonyl (C=O) groups is 1. The molecule has 0 atom stereocenters. The van der Waals surface area contributed by atoms with Crippen LogP contribution in [0.3, 0.4) is 0 Å². The zero-order valence-electron chi connectivity index (χ0n) is 10.7. The predicted molar refractivity (Wildman–Crippen MR) is 84.8 cm³/mol. The zero-order valence-corrected chi connectivity index (χ0v) is 12.9. The summed E-state index contributed by atoms with van der Waals surface area (Å²) in [6.45, 7) is 2.17. The monoisotopic (exact) mass is 366 g/mol. The van der Waals surface area contributed by atoms with E-state index in [2.05, 4.69) is 29.5 Å². The fourth-order valence-corrected chi connectivity index (χ4v) is 2.23. The minimum atomic E-state index is 0.00140. The minimum Gasteiger partial charge on any atom is -0.485 e. The first-order valence-corrected chi connectivity index (χ1v) is 7.27. The van der Waals surface area contributed by atoms with Gasteiger partial charge in [0, 0.05) is 9.13 Å². The van der Waals surface area contributed by atoms with Crippen molar-refractivity contribution in [2.24, 2.45) is 0 Å². The molecule has 0 saturated heterocycles. The van der Waals surface area contributed by atoms with Gasteiger partial charge in [0.15, 0.2) is 12.4 Å². The lowest BCUT2D eigenvalue weighted by Crippen LogP contribution is -2.11. The van der Waals surface area contributed by atoms with E-state index < -0.39 is 0 Å². The number of rotatable bonds is 5. The van der Waals surface area contributed by atoms with Gasteiger partial charge in [-0.3, -0.25) is 4.79 Å². The first-order valence-electron chi connectivity index (χ1n) is 6.19. The predicted octanol–water partition coefficient (Wildman–Crippen LogP) is 4.12.